The number of alkyl halides is 3. The molecule has 36 heavy (non-hydrogen) atoms. The second-order valence-electron chi connectivity index (χ2n) is 8.22. The third-order valence-corrected chi connectivity index (χ3v) is 5.52. The van der Waals surface area contributed by atoms with Gasteiger partial charge in [-0.05, 0) is 42.0 Å². The third kappa shape index (κ3) is 5.04. The number of carbonyl (C=O) groups excluding carboxylic acids is 1. The van der Waals surface area contributed by atoms with Gasteiger partial charge in [-0.1, -0.05) is 18.2 Å². The molecule has 3 heterocycles. The van der Waals surface area contributed by atoms with Crippen LogP contribution in [0, 0.1) is 0 Å². The Bertz CT molecular complexity index is 1510. The normalized spacial score (nSPS) is 11.6. The zero-order valence-corrected chi connectivity index (χ0v) is 19.0. The molecule has 3 aromatic heterocycles. The number of aromatic amines is 2. The minimum Gasteiger partial charge on any atom is -0.352 e. The lowest BCUT2D eigenvalue weighted by Gasteiger charge is -2.18. The summed E-state index contributed by atoms with van der Waals surface area (Å²) in [4.78, 5) is 25.1. The fourth-order valence-corrected chi connectivity index (χ4v) is 3.80. The predicted octanol–water partition coefficient (Wildman–Crippen LogP) is 5.39. The summed E-state index contributed by atoms with van der Waals surface area (Å²) >= 11 is 0. The lowest BCUT2D eigenvalue weighted by molar-refractivity contribution is -0.138. The van der Waals surface area contributed by atoms with Crippen LogP contribution in [0.1, 0.15) is 10.4 Å². The van der Waals surface area contributed by atoms with Gasteiger partial charge >= 0.3 is 6.18 Å². The van der Waals surface area contributed by atoms with E-state index in [0.29, 0.717) is 27.8 Å². The number of aromatic nitrogens is 5. The lowest BCUT2D eigenvalue weighted by Crippen LogP contribution is -2.35. The predicted molar refractivity (Wildman–Crippen MR) is 130 cm³/mol. The summed E-state index contributed by atoms with van der Waals surface area (Å²) in [7, 11) is 1.12. The molecular formula is C25H20F3N7O. The molecule has 8 nitrogen and oxygen atoms in total. The maximum Gasteiger partial charge on any atom is 0.406 e. The van der Waals surface area contributed by atoms with Crippen molar-refractivity contribution in [3.8, 4) is 22.6 Å². The van der Waals surface area contributed by atoms with E-state index in [2.05, 4.69) is 30.5 Å². The number of hydrogen-bond donors (Lipinski definition) is 3. The third-order valence-electron chi connectivity index (χ3n) is 5.52. The molecule has 0 bridgehead atoms. The molecule has 0 fully saturated rings. The van der Waals surface area contributed by atoms with Crippen molar-refractivity contribution in [1.82, 2.24) is 30.0 Å². The number of H-pyrrole nitrogens is 2. The number of fused-ring (bicyclic) bond motifs is 1. The molecule has 5 aromatic rings. The standard InChI is InChI=1S/C25H20F3N7O/c1-35(14-25(26,27)28)24(36)17-3-2-16-10-21(33-20(16)11-17)23-29-9-8-22(34-23)32-19-6-4-15(5-7-19)18-12-30-31-13-18/h2-13,33H,14H2,1H3,(H,30,31)(H,29,32,34). The van der Waals surface area contributed by atoms with Crippen molar-refractivity contribution >= 4 is 28.3 Å². The molecule has 11 heteroatoms. The van der Waals surface area contributed by atoms with Crippen molar-refractivity contribution in [3.63, 3.8) is 0 Å². The molecule has 2 aromatic carbocycles. The van der Waals surface area contributed by atoms with Gasteiger partial charge in [0.25, 0.3) is 5.91 Å². The van der Waals surface area contributed by atoms with Crippen molar-refractivity contribution in [3.05, 3.63) is 78.8 Å². The van der Waals surface area contributed by atoms with Crippen LogP contribution in [0.2, 0.25) is 0 Å². The highest BCUT2D eigenvalue weighted by molar-refractivity contribution is 5.98. The highest BCUT2D eigenvalue weighted by atomic mass is 19.4. The molecule has 182 valence electrons. The van der Waals surface area contributed by atoms with Crippen LogP contribution in [0.4, 0.5) is 24.7 Å². The number of nitrogens with one attached hydrogen (secondary N) is 3. The maximum atomic E-state index is 12.6. The molecular weight excluding hydrogens is 471 g/mol. The Morgan fingerprint density at radius 3 is 2.58 bits per heavy atom. The van der Waals surface area contributed by atoms with Crippen molar-refractivity contribution < 1.29 is 18.0 Å². The topological polar surface area (TPSA) is 103 Å². The first-order valence-corrected chi connectivity index (χ1v) is 10.9. The minimum atomic E-state index is -4.47. The van der Waals surface area contributed by atoms with Gasteiger partial charge in [0.15, 0.2) is 5.82 Å². The SMILES string of the molecule is CN(CC(F)(F)F)C(=O)c1ccc2cc(-c3nccc(Nc4ccc(-c5cn[nH]c5)cc4)n3)[nH]c2c1. The van der Waals surface area contributed by atoms with Crippen molar-refractivity contribution in [1.29, 1.82) is 0 Å². The van der Waals surface area contributed by atoms with Gasteiger partial charge < -0.3 is 15.2 Å². The Morgan fingerprint density at radius 2 is 1.86 bits per heavy atom. The fourth-order valence-electron chi connectivity index (χ4n) is 3.80. The second-order valence-corrected chi connectivity index (χ2v) is 8.22. The van der Waals surface area contributed by atoms with Crippen LogP contribution in [0.25, 0.3) is 33.5 Å². The number of halogens is 3. The second kappa shape index (κ2) is 9.17. The molecule has 0 saturated heterocycles. The Kier molecular flexibility index (Phi) is 5.88. The number of benzene rings is 2. The van der Waals surface area contributed by atoms with Crippen LogP contribution >= 0.6 is 0 Å². The van der Waals surface area contributed by atoms with E-state index in [1.807, 2.05) is 36.5 Å². The highest BCUT2D eigenvalue weighted by Crippen LogP contribution is 2.26. The van der Waals surface area contributed by atoms with Crippen molar-refractivity contribution in [2.45, 2.75) is 6.18 Å². The van der Waals surface area contributed by atoms with Gasteiger partial charge in [0.05, 0.1) is 11.9 Å². The van der Waals surface area contributed by atoms with Gasteiger partial charge in [0.2, 0.25) is 0 Å². The lowest BCUT2D eigenvalue weighted by atomic mass is 10.1. The smallest absolute Gasteiger partial charge is 0.352 e. The van der Waals surface area contributed by atoms with Crippen LogP contribution in [-0.4, -0.2) is 55.7 Å². The minimum absolute atomic E-state index is 0.151. The number of nitrogens with zero attached hydrogens (tertiary/aromatic N) is 4. The summed E-state index contributed by atoms with van der Waals surface area (Å²) < 4.78 is 37.9. The molecule has 3 N–H and O–H groups in total. The van der Waals surface area contributed by atoms with Gasteiger partial charge in [-0.15, -0.1) is 0 Å². The van der Waals surface area contributed by atoms with Crippen LogP contribution in [0.15, 0.2) is 73.2 Å². The Labute approximate surface area is 203 Å². The maximum absolute atomic E-state index is 12.6. The van der Waals surface area contributed by atoms with E-state index in [4.69, 9.17) is 0 Å². The van der Waals surface area contributed by atoms with Gasteiger partial charge in [0.1, 0.15) is 12.4 Å². The van der Waals surface area contributed by atoms with Gasteiger partial charge in [-0.2, -0.15) is 18.3 Å². The number of rotatable bonds is 6. The number of carbonyl (C=O) groups is 1. The highest BCUT2D eigenvalue weighted by Gasteiger charge is 2.31. The Hall–Kier alpha value is -4.67. The Morgan fingerprint density at radius 1 is 1.06 bits per heavy atom. The summed E-state index contributed by atoms with van der Waals surface area (Å²) in [6.07, 6.45) is 0.724. The first kappa shape index (κ1) is 23.1. The number of hydrogen-bond acceptors (Lipinski definition) is 5. The number of amides is 1. The largest absolute Gasteiger partial charge is 0.406 e. The molecule has 0 aliphatic rings. The van der Waals surface area contributed by atoms with Crippen LogP contribution in [0.3, 0.4) is 0 Å². The molecule has 5 rings (SSSR count). The summed E-state index contributed by atoms with van der Waals surface area (Å²) in [5, 5.41) is 10.8. The average molecular weight is 491 g/mol. The average Bonchev–Trinajstić information content (AvgIpc) is 3.53. The summed E-state index contributed by atoms with van der Waals surface area (Å²) in [5.74, 6) is 0.291. The molecule has 1 amide bonds. The quantitative estimate of drug-likeness (QED) is 0.296. The van der Waals surface area contributed by atoms with Gasteiger partial charge in [-0.3, -0.25) is 9.89 Å². The van der Waals surface area contributed by atoms with E-state index >= 15 is 0 Å². The van der Waals surface area contributed by atoms with E-state index < -0.39 is 18.6 Å². The van der Waals surface area contributed by atoms with Crippen LogP contribution < -0.4 is 5.32 Å². The van der Waals surface area contributed by atoms with Gasteiger partial charge in [0, 0.05) is 47.2 Å². The molecule has 0 radical (unpaired) electrons. The molecule has 0 unspecified atom stereocenters. The first-order valence-electron chi connectivity index (χ1n) is 10.9. The van der Waals surface area contributed by atoms with E-state index in [1.54, 1.807) is 24.5 Å². The zero-order chi connectivity index (χ0) is 25.3. The van der Waals surface area contributed by atoms with Crippen molar-refractivity contribution in [2.75, 3.05) is 18.9 Å². The Balaban J connectivity index is 1.34. The molecule has 0 aliphatic heterocycles. The summed E-state index contributed by atoms with van der Waals surface area (Å²) in [6, 6.07) is 16.1. The fraction of sp³-hybridized carbons (Fsp3) is 0.120. The summed E-state index contributed by atoms with van der Waals surface area (Å²) in [5.41, 5.74) is 4.21. The van der Waals surface area contributed by atoms with Crippen molar-refractivity contribution in [2.24, 2.45) is 0 Å². The van der Waals surface area contributed by atoms with Gasteiger partial charge in [-0.25, -0.2) is 9.97 Å². The molecule has 0 atom stereocenters. The van der Waals surface area contributed by atoms with E-state index in [9.17, 15) is 18.0 Å². The monoisotopic (exact) mass is 491 g/mol. The molecule has 0 aliphatic carbocycles. The van der Waals surface area contributed by atoms with Crippen LogP contribution in [0.5, 0.6) is 0 Å². The summed E-state index contributed by atoms with van der Waals surface area (Å²) in [6.45, 7) is -1.32. The molecule has 0 saturated carbocycles. The van der Waals surface area contributed by atoms with E-state index in [0.717, 1.165) is 29.2 Å². The van der Waals surface area contributed by atoms with Crippen LogP contribution in [-0.2, 0) is 0 Å². The molecule has 0 spiro atoms. The van der Waals surface area contributed by atoms with E-state index in [-0.39, 0.29) is 5.56 Å². The number of anilines is 2. The zero-order valence-electron chi connectivity index (χ0n) is 19.0. The first-order chi connectivity index (χ1) is 17.2. The van der Waals surface area contributed by atoms with E-state index in [1.165, 1.54) is 12.1 Å².